The number of allylic oxidation sites excluding steroid dienone is 1. The van der Waals surface area contributed by atoms with Gasteiger partial charge in [-0.15, -0.1) is 0 Å². The molecule has 0 radical (unpaired) electrons. The van der Waals surface area contributed by atoms with E-state index < -0.39 is 0 Å². The van der Waals surface area contributed by atoms with Gasteiger partial charge in [0.15, 0.2) is 0 Å². The van der Waals surface area contributed by atoms with E-state index in [2.05, 4.69) is 17.6 Å². The monoisotopic (exact) mass is 259 g/mol. The Kier molecular flexibility index (Phi) is 3.53. The van der Waals surface area contributed by atoms with E-state index >= 15 is 0 Å². The molecule has 3 nitrogen and oxygen atoms in total. The number of aryl methyl sites for hydroxylation is 1. The zero-order chi connectivity index (χ0) is 13.1. The summed E-state index contributed by atoms with van der Waals surface area (Å²) >= 11 is 5.75. The number of benzene rings is 1. The molecule has 18 heavy (non-hydrogen) atoms. The van der Waals surface area contributed by atoms with Crippen molar-refractivity contribution in [3.8, 4) is 0 Å². The van der Waals surface area contributed by atoms with Crippen molar-refractivity contribution in [2.24, 2.45) is 17.8 Å². The predicted octanol–water partition coefficient (Wildman–Crippen LogP) is 3.15. The molecule has 0 aliphatic carbocycles. The second-order valence-electron chi connectivity index (χ2n) is 3.90. The Morgan fingerprint density at radius 2 is 2.17 bits per heavy atom. The number of aromatic nitrogens is 1. The Labute approximate surface area is 111 Å². The van der Waals surface area contributed by atoms with Crippen molar-refractivity contribution in [2.75, 3.05) is 0 Å². The highest BCUT2D eigenvalue weighted by atomic mass is 35.5. The fourth-order valence-electron chi connectivity index (χ4n) is 1.95. The molecule has 0 aliphatic rings. The van der Waals surface area contributed by atoms with Crippen molar-refractivity contribution < 1.29 is 0 Å². The predicted molar refractivity (Wildman–Crippen MR) is 77.8 cm³/mol. The number of hydrogen-bond donors (Lipinski definition) is 1. The second kappa shape index (κ2) is 5.10. The largest absolute Gasteiger partial charge is 0.405 e. The Morgan fingerprint density at radius 1 is 1.44 bits per heavy atom. The summed E-state index contributed by atoms with van der Waals surface area (Å²) in [5.74, 6) is 0. The topological polar surface area (TPSA) is 43.3 Å². The van der Waals surface area contributed by atoms with Crippen LogP contribution in [0.2, 0.25) is 0 Å². The summed E-state index contributed by atoms with van der Waals surface area (Å²) < 4.78 is 2.04. The van der Waals surface area contributed by atoms with Crippen LogP contribution in [-0.4, -0.2) is 10.3 Å². The van der Waals surface area contributed by atoms with Gasteiger partial charge in [-0.25, -0.2) is 4.99 Å². The zero-order valence-corrected chi connectivity index (χ0v) is 10.9. The molecular formula is C14H14ClN3. The van der Waals surface area contributed by atoms with E-state index in [-0.39, 0.29) is 5.16 Å². The van der Waals surface area contributed by atoms with Crippen LogP contribution >= 0.6 is 11.6 Å². The molecule has 1 aromatic carbocycles. The van der Waals surface area contributed by atoms with Gasteiger partial charge in [0, 0.05) is 29.7 Å². The smallest absolute Gasteiger partial charge is 0.122 e. The Hall–Kier alpha value is -2.00. The highest BCUT2D eigenvalue weighted by Gasteiger charge is 2.09. The molecule has 0 saturated heterocycles. The average Bonchev–Trinajstić information content (AvgIpc) is 2.67. The number of rotatable bonds is 3. The first-order valence-electron chi connectivity index (χ1n) is 5.49. The van der Waals surface area contributed by atoms with Crippen LogP contribution in [-0.2, 0) is 7.05 Å². The molecule has 0 fully saturated rings. The van der Waals surface area contributed by atoms with E-state index in [9.17, 15) is 0 Å². The van der Waals surface area contributed by atoms with E-state index in [1.807, 2.05) is 36.0 Å². The molecule has 0 bridgehead atoms. The summed E-state index contributed by atoms with van der Waals surface area (Å²) in [6.07, 6.45) is 5.17. The lowest BCUT2D eigenvalue weighted by Gasteiger charge is -1.99. The third-order valence-corrected chi connectivity index (χ3v) is 2.75. The summed E-state index contributed by atoms with van der Waals surface area (Å²) in [5.41, 5.74) is 8.27. The molecule has 0 aliphatic heterocycles. The molecular weight excluding hydrogens is 246 g/mol. The van der Waals surface area contributed by atoms with E-state index in [0.717, 1.165) is 16.5 Å². The number of hydrogen-bond acceptors (Lipinski definition) is 2. The standard InChI is InChI=1S/C14H14ClN3/c1-10(15)17-13(7-8-16)12-9-18(2)14-6-4-3-5-11(12)14/h3-9H,1,16H2,2H3/b8-7-,17-13+. The minimum Gasteiger partial charge on any atom is -0.405 e. The number of para-hydroxylation sites is 1. The SMILES string of the molecule is C=C(Cl)/N=C(\C=C/N)c1cn(C)c2ccccc12. The highest BCUT2D eigenvalue weighted by Crippen LogP contribution is 2.22. The second-order valence-corrected chi connectivity index (χ2v) is 4.34. The molecule has 2 N–H and O–H groups in total. The lowest BCUT2D eigenvalue weighted by atomic mass is 10.1. The van der Waals surface area contributed by atoms with E-state index in [4.69, 9.17) is 17.3 Å². The first-order valence-corrected chi connectivity index (χ1v) is 5.87. The number of nitrogens with zero attached hydrogens (tertiary/aromatic N) is 2. The van der Waals surface area contributed by atoms with Gasteiger partial charge in [-0.2, -0.15) is 0 Å². The maximum Gasteiger partial charge on any atom is 0.122 e. The first-order chi connectivity index (χ1) is 8.63. The quantitative estimate of drug-likeness (QED) is 0.668. The van der Waals surface area contributed by atoms with Crippen molar-refractivity contribution in [3.05, 3.63) is 60.0 Å². The van der Waals surface area contributed by atoms with Crippen LogP contribution in [0.5, 0.6) is 0 Å². The van der Waals surface area contributed by atoms with Crippen LogP contribution in [0, 0.1) is 0 Å². The normalized spacial score (nSPS) is 12.4. The van der Waals surface area contributed by atoms with Gasteiger partial charge in [0.1, 0.15) is 5.16 Å². The third-order valence-electron chi connectivity index (χ3n) is 2.67. The fourth-order valence-corrected chi connectivity index (χ4v) is 2.05. The van der Waals surface area contributed by atoms with Gasteiger partial charge < -0.3 is 10.3 Å². The first kappa shape index (κ1) is 12.5. The maximum absolute atomic E-state index is 5.75. The summed E-state index contributed by atoms with van der Waals surface area (Å²) in [5, 5.41) is 1.34. The Morgan fingerprint density at radius 3 is 2.83 bits per heavy atom. The van der Waals surface area contributed by atoms with Gasteiger partial charge in [-0.3, -0.25) is 0 Å². The third kappa shape index (κ3) is 2.31. The molecule has 0 amide bonds. The molecule has 92 valence electrons. The molecule has 4 heteroatoms. The Bertz CT molecular complexity index is 650. The minimum absolute atomic E-state index is 0.232. The highest BCUT2D eigenvalue weighted by molar-refractivity contribution is 6.30. The van der Waals surface area contributed by atoms with Crippen molar-refractivity contribution in [1.82, 2.24) is 4.57 Å². The molecule has 0 unspecified atom stereocenters. The van der Waals surface area contributed by atoms with E-state index in [1.54, 1.807) is 6.08 Å². The van der Waals surface area contributed by atoms with Gasteiger partial charge >= 0.3 is 0 Å². The van der Waals surface area contributed by atoms with Gasteiger partial charge in [-0.1, -0.05) is 36.4 Å². The van der Waals surface area contributed by atoms with Crippen LogP contribution < -0.4 is 5.73 Å². The van der Waals surface area contributed by atoms with Crippen LogP contribution in [0.15, 0.2) is 59.5 Å². The Balaban J connectivity index is 2.69. The van der Waals surface area contributed by atoms with Crippen molar-refractivity contribution in [3.63, 3.8) is 0 Å². The van der Waals surface area contributed by atoms with Crippen molar-refractivity contribution in [2.45, 2.75) is 0 Å². The van der Waals surface area contributed by atoms with Crippen LogP contribution in [0.25, 0.3) is 10.9 Å². The van der Waals surface area contributed by atoms with Gasteiger partial charge in [0.05, 0.1) is 5.71 Å². The minimum atomic E-state index is 0.232. The number of halogens is 1. The summed E-state index contributed by atoms with van der Waals surface area (Å²) in [4.78, 5) is 4.21. The molecule has 0 atom stereocenters. The summed E-state index contributed by atoms with van der Waals surface area (Å²) in [6.45, 7) is 3.59. The number of aliphatic imine (C=N–C) groups is 1. The molecule has 0 spiro atoms. The van der Waals surface area contributed by atoms with Crippen LogP contribution in [0.3, 0.4) is 0 Å². The van der Waals surface area contributed by atoms with Gasteiger partial charge in [-0.05, 0) is 18.3 Å². The lowest BCUT2D eigenvalue weighted by Crippen LogP contribution is -1.97. The number of nitrogens with two attached hydrogens (primary N) is 1. The maximum atomic E-state index is 5.75. The molecule has 2 aromatic rings. The average molecular weight is 260 g/mol. The van der Waals surface area contributed by atoms with Crippen LogP contribution in [0.1, 0.15) is 5.56 Å². The summed E-state index contributed by atoms with van der Waals surface area (Å²) in [7, 11) is 1.99. The molecule has 1 aromatic heterocycles. The van der Waals surface area contributed by atoms with Crippen molar-refractivity contribution in [1.29, 1.82) is 0 Å². The van der Waals surface area contributed by atoms with E-state index in [0.29, 0.717) is 5.71 Å². The molecule has 1 heterocycles. The van der Waals surface area contributed by atoms with Crippen LogP contribution in [0.4, 0.5) is 0 Å². The van der Waals surface area contributed by atoms with E-state index in [1.165, 1.54) is 6.20 Å². The lowest BCUT2D eigenvalue weighted by molar-refractivity contribution is 0.968. The number of fused-ring (bicyclic) bond motifs is 1. The molecule has 0 saturated carbocycles. The van der Waals surface area contributed by atoms with Crippen molar-refractivity contribution >= 4 is 28.2 Å². The fraction of sp³-hybridized carbons (Fsp3) is 0.0714. The molecule has 2 rings (SSSR count). The van der Waals surface area contributed by atoms with Gasteiger partial charge in [0.25, 0.3) is 0 Å². The summed E-state index contributed by atoms with van der Waals surface area (Å²) in [6, 6.07) is 8.09. The van der Waals surface area contributed by atoms with Gasteiger partial charge in [0.2, 0.25) is 0 Å². The zero-order valence-electron chi connectivity index (χ0n) is 10.1.